The van der Waals surface area contributed by atoms with Gasteiger partial charge >= 0.3 is 0 Å². The van der Waals surface area contributed by atoms with Crippen LogP contribution in [0.4, 0.5) is 5.82 Å². The summed E-state index contributed by atoms with van der Waals surface area (Å²) < 4.78 is 0. The number of hydrogen-bond donors (Lipinski definition) is 1. The molecular weight excluding hydrogens is 298 g/mol. The van der Waals surface area contributed by atoms with Crippen molar-refractivity contribution in [1.29, 1.82) is 0 Å². The summed E-state index contributed by atoms with van der Waals surface area (Å²) in [6.45, 7) is 4.86. The van der Waals surface area contributed by atoms with Crippen molar-refractivity contribution < 1.29 is 4.79 Å². The lowest BCUT2D eigenvalue weighted by Crippen LogP contribution is -2.41. The zero-order chi connectivity index (χ0) is 16.8. The Bertz CT molecular complexity index is 672. The third-order valence-electron chi connectivity index (χ3n) is 4.58. The van der Waals surface area contributed by atoms with Crippen molar-refractivity contribution in [3.05, 3.63) is 59.8 Å². The molecule has 0 unspecified atom stereocenters. The molecule has 3 rings (SSSR count). The summed E-state index contributed by atoms with van der Waals surface area (Å²) in [5, 5.41) is 2.97. The number of benzene rings is 1. The molecular formula is C20H25N3O. The van der Waals surface area contributed by atoms with Crippen LogP contribution >= 0.6 is 0 Å². The lowest BCUT2D eigenvalue weighted by Gasteiger charge is -2.31. The van der Waals surface area contributed by atoms with Gasteiger partial charge in [-0.3, -0.25) is 4.79 Å². The number of carbonyl (C=O) groups is 1. The molecule has 1 saturated heterocycles. The number of aryl methyl sites for hydroxylation is 1. The fourth-order valence-electron chi connectivity index (χ4n) is 3.25. The summed E-state index contributed by atoms with van der Waals surface area (Å²) in [5.41, 5.74) is 2.27. The maximum absolute atomic E-state index is 12.5. The van der Waals surface area contributed by atoms with Crippen LogP contribution in [0.3, 0.4) is 0 Å². The molecule has 0 saturated carbocycles. The van der Waals surface area contributed by atoms with Crippen LogP contribution in [-0.2, 0) is 11.2 Å². The Kier molecular flexibility index (Phi) is 5.59. The van der Waals surface area contributed by atoms with Gasteiger partial charge in [0, 0.05) is 18.8 Å². The van der Waals surface area contributed by atoms with E-state index >= 15 is 0 Å². The molecule has 126 valence electrons. The third-order valence-corrected chi connectivity index (χ3v) is 4.58. The van der Waals surface area contributed by atoms with Gasteiger partial charge in [-0.2, -0.15) is 0 Å². The molecule has 2 aromatic rings. The minimum Gasteiger partial charge on any atom is -0.310 e. The molecule has 24 heavy (non-hydrogen) atoms. The van der Waals surface area contributed by atoms with E-state index in [1.54, 1.807) is 0 Å². The van der Waals surface area contributed by atoms with Gasteiger partial charge in [0.2, 0.25) is 5.91 Å². The molecule has 1 aliphatic rings. The van der Waals surface area contributed by atoms with E-state index in [0.29, 0.717) is 5.82 Å². The van der Waals surface area contributed by atoms with Crippen LogP contribution in [0.2, 0.25) is 0 Å². The standard InChI is InChI=1S/C20H25N3O/c1-16-7-5-11-19(21-16)22-20(24)18-10-6-13-23(15-18)14-12-17-8-3-2-4-9-17/h2-5,7-9,11,18H,6,10,12-15H2,1H3,(H,21,22,24)/t18-/m0/s1. The summed E-state index contributed by atoms with van der Waals surface area (Å²) in [6, 6.07) is 16.2. The molecule has 2 heterocycles. The molecule has 1 aromatic heterocycles. The first-order valence-corrected chi connectivity index (χ1v) is 8.71. The van der Waals surface area contributed by atoms with Crippen molar-refractivity contribution in [3.8, 4) is 0 Å². The SMILES string of the molecule is Cc1cccc(NC(=O)[C@H]2CCCN(CCc3ccccc3)C2)n1. The van der Waals surface area contributed by atoms with Crippen LogP contribution in [0.15, 0.2) is 48.5 Å². The van der Waals surface area contributed by atoms with Crippen LogP contribution in [0.25, 0.3) is 0 Å². The fourth-order valence-corrected chi connectivity index (χ4v) is 3.25. The van der Waals surface area contributed by atoms with Gasteiger partial charge < -0.3 is 10.2 Å². The minimum atomic E-state index is 0.0526. The van der Waals surface area contributed by atoms with E-state index < -0.39 is 0 Å². The lowest BCUT2D eigenvalue weighted by molar-refractivity contribution is -0.121. The van der Waals surface area contributed by atoms with E-state index in [4.69, 9.17) is 0 Å². The van der Waals surface area contributed by atoms with E-state index in [0.717, 1.165) is 44.6 Å². The monoisotopic (exact) mass is 323 g/mol. The summed E-state index contributed by atoms with van der Waals surface area (Å²) >= 11 is 0. The maximum Gasteiger partial charge on any atom is 0.229 e. The van der Waals surface area contributed by atoms with Crippen molar-refractivity contribution >= 4 is 11.7 Å². The molecule has 0 bridgehead atoms. The number of piperidine rings is 1. The van der Waals surface area contributed by atoms with Gasteiger partial charge in [-0.15, -0.1) is 0 Å². The molecule has 4 heteroatoms. The fraction of sp³-hybridized carbons (Fsp3) is 0.400. The molecule has 0 radical (unpaired) electrons. The van der Waals surface area contributed by atoms with E-state index in [-0.39, 0.29) is 11.8 Å². The second kappa shape index (κ2) is 8.06. The smallest absolute Gasteiger partial charge is 0.229 e. The summed E-state index contributed by atoms with van der Waals surface area (Å²) in [7, 11) is 0. The largest absolute Gasteiger partial charge is 0.310 e. The summed E-state index contributed by atoms with van der Waals surface area (Å²) in [4.78, 5) is 19.3. The van der Waals surface area contributed by atoms with E-state index in [1.165, 1.54) is 5.56 Å². The first kappa shape index (κ1) is 16.7. The molecule has 1 aliphatic heterocycles. The van der Waals surface area contributed by atoms with E-state index in [9.17, 15) is 4.79 Å². The Morgan fingerprint density at radius 1 is 1.21 bits per heavy atom. The summed E-state index contributed by atoms with van der Waals surface area (Å²) in [5.74, 6) is 0.802. The van der Waals surface area contributed by atoms with Crippen LogP contribution in [0.1, 0.15) is 24.1 Å². The van der Waals surface area contributed by atoms with Crippen molar-refractivity contribution in [3.63, 3.8) is 0 Å². The molecule has 1 atom stereocenters. The van der Waals surface area contributed by atoms with E-state index in [1.807, 2.05) is 31.2 Å². The summed E-state index contributed by atoms with van der Waals surface area (Å²) in [6.07, 6.45) is 3.07. The van der Waals surface area contributed by atoms with Crippen molar-refractivity contribution in [2.75, 3.05) is 25.0 Å². The number of amides is 1. The lowest BCUT2D eigenvalue weighted by atomic mass is 9.96. The number of nitrogens with zero attached hydrogens (tertiary/aromatic N) is 2. The van der Waals surface area contributed by atoms with Crippen molar-refractivity contribution in [2.45, 2.75) is 26.2 Å². The molecule has 1 aromatic carbocycles. The molecule has 1 amide bonds. The quantitative estimate of drug-likeness (QED) is 0.918. The highest BCUT2D eigenvalue weighted by molar-refractivity contribution is 5.91. The van der Waals surface area contributed by atoms with Gasteiger partial charge in [0.05, 0.1) is 5.92 Å². The highest BCUT2D eigenvalue weighted by Gasteiger charge is 2.25. The average molecular weight is 323 g/mol. The van der Waals surface area contributed by atoms with Crippen LogP contribution in [-0.4, -0.2) is 35.4 Å². The van der Waals surface area contributed by atoms with Crippen LogP contribution in [0, 0.1) is 12.8 Å². The Balaban J connectivity index is 1.52. The van der Waals surface area contributed by atoms with Gasteiger partial charge in [0.15, 0.2) is 0 Å². The Hall–Kier alpha value is -2.20. The van der Waals surface area contributed by atoms with E-state index in [2.05, 4.69) is 39.5 Å². The first-order chi connectivity index (χ1) is 11.7. The number of anilines is 1. The Morgan fingerprint density at radius 2 is 2.04 bits per heavy atom. The van der Waals surface area contributed by atoms with Gasteiger partial charge in [0.25, 0.3) is 0 Å². The molecule has 4 nitrogen and oxygen atoms in total. The van der Waals surface area contributed by atoms with Crippen LogP contribution < -0.4 is 5.32 Å². The van der Waals surface area contributed by atoms with Gasteiger partial charge in [-0.1, -0.05) is 36.4 Å². The van der Waals surface area contributed by atoms with Crippen LogP contribution in [0.5, 0.6) is 0 Å². The highest BCUT2D eigenvalue weighted by atomic mass is 16.2. The van der Waals surface area contributed by atoms with Gasteiger partial charge in [-0.05, 0) is 50.4 Å². The number of carbonyl (C=O) groups excluding carboxylic acids is 1. The number of rotatable bonds is 5. The number of pyridine rings is 1. The predicted molar refractivity (Wildman–Crippen MR) is 96.9 cm³/mol. The third kappa shape index (κ3) is 4.65. The molecule has 0 aliphatic carbocycles. The molecule has 1 fully saturated rings. The maximum atomic E-state index is 12.5. The number of hydrogen-bond acceptors (Lipinski definition) is 3. The second-order valence-corrected chi connectivity index (χ2v) is 6.53. The van der Waals surface area contributed by atoms with Crippen molar-refractivity contribution in [2.24, 2.45) is 5.92 Å². The minimum absolute atomic E-state index is 0.0526. The van der Waals surface area contributed by atoms with Crippen molar-refractivity contribution in [1.82, 2.24) is 9.88 Å². The number of likely N-dealkylation sites (tertiary alicyclic amines) is 1. The normalized spacial score (nSPS) is 18.3. The number of nitrogens with one attached hydrogen (secondary N) is 1. The topological polar surface area (TPSA) is 45.2 Å². The molecule has 0 spiro atoms. The average Bonchev–Trinajstić information content (AvgIpc) is 2.61. The number of aromatic nitrogens is 1. The Labute approximate surface area is 143 Å². The predicted octanol–water partition coefficient (Wildman–Crippen LogP) is 3.28. The zero-order valence-corrected chi connectivity index (χ0v) is 14.2. The first-order valence-electron chi connectivity index (χ1n) is 8.71. The van der Waals surface area contributed by atoms with Gasteiger partial charge in [-0.25, -0.2) is 4.98 Å². The highest BCUT2D eigenvalue weighted by Crippen LogP contribution is 2.19. The zero-order valence-electron chi connectivity index (χ0n) is 14.2. The van der Waals surface area contributed by atoms with Gasteiger partial charge in [0.1, 0.15) is 5.82 Å². The Morgan fingerprint density at radius 3 is 2.83 bits per heavy atom. The molecule has 1 N–H and O–H groups in total. The second-order valence-electron chi connectivity index (χ2n) is 6.53.